The quantitative estimate of drug-likeness (QED) is 0.782. The molecule has 1 unspecified atom stereocenters. The molecule has 0 fully saturated rings. The van der Waals surface area contributed by atoms with Gasteiger partial charge in [0.1, 0.15) is 0 Å². The van der Waals surface area contributed by atoms with Gasteiger partial charge in [-0.15, -0.1) is 0 Å². The number of hydrogen-bond acceptors (Lipinski definition) is 4. The predicted octanol–water partition coefficient (Wildman–Crippen LogP) is 2.04. The highest BCUT2D eigenvalue weighted by atomic mass is 32.2. The third-order valence-corrected chi connectivity index (χ3v) is 4.70. The van der Waals surface area contributed by atoms with E-state index in [1.165, 1.54) is 7.11 Å². The van der Waals surface area contributed by atoms with Gasteiger partial charge in [-0.3, -0.25) is 4.79 Å². The number of carbonyl (C=O) groups is 1. The van der Waals surface area contributed by atoms with Crippen LogP contribution >= 0.6 is 0 Å². The highest BCUT2D eigenvalue weighted by molar-refractivity contribution is 7.89. The number of ether oxygens (including phenoxy) is 1. The summed E-state index contributed by atoms with van der Waals surface area (Å²) in [6.07, 6.45) is 1.02. The zero-order chi connectivity index (χ0) is 15.2. The predicted molar refractivity (Wildman–Crippen MR) is 77.0 cm³/mol. The molecule has 6 heteroatoms. The van der Waals surface area contributed by atoms with Crippen molar-refractivity contribution in [2.75, 3.05) is 13.7 Å². The third kappa shape index (κ3) is 4.61. The number of esters is 1. The Hall–Kier alpha value is -1.40. The molecular weight excluding hydrogens is 278 g/mol. The van der Waals surface area contributed by atoms with Crippen molar-refractivity contribution in [1.82, 2.24) is 4.72 Å². The molecule has 0 spiro atoms. The molecule has 5 nitrogen and oxygen atoms in total. The highest BCUT2D eigenvalue weighted by Gasteiger charge is 2.14. The van der Waals surface area contributed by atoms with Crippen LogP contribution in [0.25, 0.3) is 0 Å². The fourth-order valence-corrected chi connectivity index (χ4v) is 2.72. The minimum absolute atomic E-state index is 0.0146. The Morgan fingerprint density at radius 3 is 2.40 bits per heavy atom. The largest absolute Gasteiger partial charge is 0.469 e. The van der Waals surface area contributed by atoms with Crippen LogP contribution in [-0.4, -0.2) is 28.0 Å². The molecule has 20 heavy (non-hydrogen) atoms. The van der Waals surface area contributed by atoms with Gasteiger partial charge in [-0.2, -0.15) is 0 Å². The first-order chi connectivity index (χ1) is 9.40. The van der Waals surface area contributed by atoms with E-state index in [1.54, 1.807) is 12.1 Å². The van der Waals surface area contributed by atoms with Crippen LogP contribution in [0.15, 0.2) is 29.2 Å². The van der Waals surface area contributed by atoms with E-state index in [1.807, 2.05) is 12.1 Å². The van der Waals surface area contributed by atoms with Crippen LogP contribution in [0.4, 0.5) is 0 Å². The summed E-state index contributed by atoms with van der Waals surface area (Å²) >= 11 is 0. The second-order valence-corrected chi connectivity index (χ2v) is 6.37. The summed E-state index contributed by atoms with van der Waals surface area (Å²) in [6.45, 7) is 4.21. The summed E-state index contributed by atoms with van der Waals surface area (Å²) in [7, 11) is -2.30. The Bertz CT molecular complexity index is 537. The molecule has 0 bridgehead atoms. The van der Waals surface area contributed by atoms with E-state index in [4.69, 9.17) is 0 Å². The minimum Gasteiger partial charge on any atom is -0.469 e. The molecule has 0 aliphatic carbocycles. The molecule has 0 saturated carbocycles. The molecule has 112 valence electrons. The average molecular weight is 299 g/mol. The first kappa shape index (κ1) is 16.7. The molecule has 0 amide bonds. The van der Waals surface area contributed by atoms with Crippen molar-refractivity contribution in [3.63, 3.8) is 0 Å². The Labute approximate surface area is 120 Å². The fraction of sp³-hybridized carbons (Fsp3) is 0.500. The fourth-order valence-electron chi connectivity index (χ4n) is 1.68. The van der Waals surface area contributed by atoms with Crippen LogP contribution in [-0.2, 0) is 19.6 Å². The number of nitrogens with one attached hydrogen (secondary N) is 1. The lowest BCUT2D eigenvalue weighted by atomic mass is 9.99. The molecule has 0 radical (unpaired) electrons. The second-order valence-electron chi connectivity index (χ2n) is 4.60. The first-order valence-electron chi connectivity index (χ1n) is 6.57. The van der Waals surface area contributed by atoms with Crippen LogP contribution in [0.1, 0.15) is 38.2 Å². The monoisotopic (exact) mass is 299 g/mol. The lowest BCUT2D eigenvalue weighted by Gasteiger charge is -2.10. The van der Waals surface area contributed by atoms with E-state index in [-0.39, 0.29) is 17.9 Å². The van der Waals surface area contributed by atoms with Gasteiger partial charge in [0.2, 0.25) is 10.0 Å². The van der Waals surface area contributed by atoms with Crippen molar-refractivity contribution in [3.8, 4) is 0 Å². The van der Waals surface area contributed by atoms with Crippen LogP contribution in [0, 0.1) is 0 Å². The summed E-state index contributed by atoms with van der Waals surface area (Å²) in [5.41, 5.74) is 1.11. The SMILES string of the molecule is CCC(C)c1ccc(S(=O)(=O)NCCC(=O)OC)cc1. The first-order valence-corrected chi connectivity index (χ1v) is 8.05. The molecule has 0 aromatic heterocycles. The van der Waals surface area contributed by atoms with Crippen molar-refractivity contribution in [3.05, 3.63) is 29.8 Å². The van der Waals surface area contributed by atoms with Gasteiger partial charge in [-0.25, -0.2) is 13.1 Å². The molecule has 1 rings (SSSR count). The maximum Gasteiger partial charge on any atom is 0.306 e. The molecule has 1 aromatic rings. The van der Waals surface area contributed by atoms with Crippen molar-refractivity contribution in [2.24, 2.45) is 0 Å². The van der Waals surface area contributed by atoms with Crippen molar-refractivity contribution < 1.29 is 17.9 Å². The van der Waals surface area contributed by atoms with Crippen LogP contribution in [0.3, 0.4) is 0 Å². The Morgan fingerprint density at radius 1 is 1.30 bits per heavy atom. The van der Waals surface area contributed by atoms with Crippen LogP contribution in [0.5, 0.6) is 0 Å². The number of hydrogen-bond donors (Lipinski definition) is 1. The lowest BCUT2D eigenvalue weighted by Crippen LogP contribution is -2.26. The van der Waals surface area contributed by atoms with Gasteiger partial charge in [0, 0.05) is 6.54 Å². The molecule has 1 atom stereocenters. The van der Waals surface area contributed by atoms with Gasteiger partial charge in [-0.05, 0) is 30.0 Å². The van der Waals surface area contributed by atoms with Gasteiger partial charge < -0.3 is 4.74 Å². The Balaban J connectivity index is 2.70. The van der Waals surface area contributed by atoms with E-state index in [2.05, 4.69) is 23.3 Å². The number of carbonyl (C=O) groups excluding carboxylic acids is 1. The Morgan fingerprint density at radius 2 is 1.90 bits per heavy atom. The van der Waals surface area contributed by atoms with Crippen LogP contribution < -0.4 is 4.72 Å². The molecule has 1 aromatic carbocycles. The molecule has 0 saturated heterocycles. The number of rotatable bonds is 7. The van der Waals surface area contributed by atoms with Crippen LogP contribution in [0.2, 0.25) is 0 Å². The van der Waals surface area contributed by atoms with E-state index in [0.717, 1.165) is 12.0 Å². The van der Waals surface area contributed by atoms with E-state index >= 15 is 0 Å². The molecule has 1 N–H and O–H groups in total. The summed E-state index contributed by atoms with van der Waals surface area (Å²) in [4.78, 5) is 11.1. The molecule has 0 heterocycles. The van der Waals surface area contributed by atoms with Gasteiger partial charge >= 0.3 is 5.97 Å². The van der Waals surface area contributed by atoms with Gasteiger partial charge in [0.15, 0.2) is 0 Å². The zero-order valence-electron chi connectivity index (χ0n) is 12.0. The van der Waals surface area contributed by atoms with Gasteiger partial charge in [0.25, 0.3) is 0 Å². The standard InChI is InChI=1S/C14H21NO4S/c1-4-11(2)12-5-7-13(8-6-12)20(17,18)15-10-9-14(16)19-3/h5-8,11,15H,4,9-10H2,1-3H3. The lowest BCUT2D eigenvalue weighted by molar-refractivity contribution is -0.140. The summed E-state index contributed by atoms with van der Waals surface area (Å²) in [6, 6.07) is 6.82. The maximum atomic E-state index is 12.0. The molecule has 0 aliphatic heterocycles. The minimum atomic E-state index is -3.57. The van der Waals surface area contributed by atoms with E-state index in [9.17, 15) is 13.2 Å². The zero-order valence-corrected chi connectivity index (χ0v) is 12.9. The summed E-state index contributed by atoms with van der Waals surface area (Å²) in [5.74, 6) is -0.0427. The smallest absolute Gasteiger partial charge is 0.306 e. The normalized spacial score (nSPS) is 12.9. The molecule has 0 aliphatic rings. The van der Waals surface area contributed by atoms with Crippen molar-refractivity contribution >= 4 is 16.0 Å². The topological polar surface area (TPSA) is 72.5 Å². The number of methoxy groups -OCH3 is 1. The highest BCUT2D eigenvalue weighted by Crippen LogP contribution is 2.20. The average Bonchev–Trinajstić information content (AvgIpc) is 2.46. The van der Waals surface area contributed by atoms with E-state index < -0.39 is 16.0 Å². The van der Waals surface area contributed by atoms with Gasteiger partial charge in [0.05, 0.1) is 18.4 Å². The number of sulfonamides is 1. The van der Waals surface area contributed by atoms with Gasteiger partial charge in [-0.1, -0.05) is 26.0 Å². The molecular formula is C14H21NO4S. The second kappa shape index (κ2) is 7.40. The van der Waals surface area contributed by atoms with Crippen molar-refractivity contribution in [2.45, 2.75) is 37.5 Å². The van der Waals surface area contributed by atoms with Crippen molar-refractivity contribution in [1.29, 1.82) is 0 Å². The number of benzene rings is 1. The third-order valence-electron chi connectivity index (χ3n) is 3.22. The summed E-state index contributed by atoms with van der Waals surface area (Å²) in [5, 5.41) is 0. The Kier molecular flexibility index (Phi) is 6.16. The van der Waals surface area contributed by atoms with E-state index in [0.29, 0.717) is 5.92 Å². The maximum absolute atomic E-state index is 12.0. The summed E-state index contributed by atoms with van der Waals surface area (Å²) < 4.78 is 30.8.